The zero-order valence-electron chi connectivity index (χ0n) is 15.5. The molecule has 144 valence electrons. The molecule has 2 amide bonds. The van der Waals surface area contributed by atoms with Crippen LogP contribution in [0.1, 0.15) is 35.6 Å². The molecular formula is C17H23N7O3. The van der Waals surface area contributed by atoms with E-state index in [9.17, 15) is 9.59 Å². The number of hydrogen-bond donors (Lipinski definition) is 1. The summed E-state index contributed by atoms with van der Waals surface area (Å²) in [7, 11) is 1.69. The molecule has 0 radical (unpaired) electrons. The SMILES string of the molecule is Cc1cc2n(n1)CC[C@H](NC(=O)c1ncn(CC3CCCO3)n1)C(=O)N2C. The average Bonchev–Trinajstić information content (AvgIpc) is 3.37. The zero-order valence-corrected chi connectivity index (χ0v) is 15.5. The van der Waals surface area contributed by atoms with Crippen molar-refractivity contribution in [2.45, 2.75) is 51.4 Å². The molecule has 27 heavy (non-hydrogen) atoms. The number of carbonyl (C=O) groups is 2. The number of ether oxygens (including phenoxy) is 1. The topological polar surface area (TPSA) is 107 Å². The van der Waals surface area contributed by atoms with Gasteiger partial charge in [0.15, 0.2) is 0 Å². The number of carbonyl (C=O) groups excluding carboxylic acids is 2. The van der Waals surface area contributed by atoms with E-state index in [-0.39, 0.29) is 17.8 Å². The van der Waals surface area contributed by atoms with Crippen LogP contribution in [0, 0.1) is 6.92 Å². The van der Waals surface area contributed by atoms with E-state index in [1.807, 2.05) is 13.0 Å². The predicted octanol–water partition coefficient (Wildman–Crippen LogP) is 0.127. The number of hydrogen-bond acceptors (Lipinski definition) is 6. The molecule has 1 N–H and O–H groups in total. The largest absolute Gasteiger partial charge is 0.376 e. The van der Waals surface area contributed by atoms with Crippen molar-refractivity contribution in [1.29, 1.82) is 0 Å². The first kappa shape index (κ1) is 17.7. The Morgan fingerprint density at radius 3 is 3.00 bits per heavy atom. The molecule has 0 aromatic carbocycles. The highest BCUT2D eigenvalue weighted by atomic mass is 16.5. The molecule has 1 saturated heterocycles. The van der Waals surface area contributed by atoms with Crippen LogP contribution >= 0.6 is 0 Å². The number of nitrogens with zero attached hydrogens (tertiary/aromatic N) is 6. The van der Waals surface area contributed by atoms with Crippen LogP contribution in [0.5, 0.6) is 0 Å². The standard InChI is InChI=1S/C17H23N7O3/c1-11-8-14-22(2)17(26)13(5-6-24(14)20-11)19-16(25)15-18-10-23(21-15)9-12-4-3-7-27-12/h8,10,12-13H,3-7,9H2,1-2H3,(H,19,25)/t12?,13-/m0/s1. The first-order valence-electron chi connectivity index (χ1n) is 9.15. The van der Waals surface area contributed by atoms with Gasteiger partial charge in [-0.15, -0.1) is 5.10 Å². The van der Waals surface area contributed by atoms with Gasteiger partial charge in [-0.25, -0.2) is 14.3 Å². The minimum atomic E-state index is -0.644. The van der Waals surface area contributed by atoms with Crippen LogP contribution < -0.4 is 10.2 Å². The lowest BCUT2D eigenvalue weighted by atomic mass is 10.2. The Kier molecular flexibility index (Phi) is 4.65. The van der Waals surface area contributed by atoms with Gasteiger partial charge in [-0.2, -0.15) is 5.10 Å². The number of aryl methyl sites for hydroxylation is 2. The van der Waals surface area contributed by atoms with Crippen molar-refractivity contribution < 1.29 is 14.3 Å². The number of likely N-dealkylation sites (N-methyl/N-ethyl adjacent to an activating group) is 1. The smallest absolute Gasteiger partial charge is 0.291 e. The van der Waals surface area contributed by atoms with E-state index < -0.39 is 11.9 Å². The summed E-state index contributed by atoms with van der Waals surface area (Å²) in [4.78, 5) is 30.8. The summed E-state index contributed by atoms with van der Waals surface area (Å²) < 4.78 is 8.97. The Morgan fingerprint density at radius 2 is 2.22 bits per heavy atom. The third-order valence-electron chi connectivity index (χ3n) is 4.94. The van der Waals surface area contributed by atoms with Crippen molar-refractivity contribution >= 4 is 17.6 Å². The molecule has 2 aliphatic heterocycles. The Bertz CT molecular complexity index is 853. The van der Waals surface area contributed by atoms with Gasteiger partial charge in [0.25, 0.3) is 11.8 Å². The molecule has 4 rings (SSSR count). The molecule has 1 unspecified atom stereocenters. The second-order valence-electron chi connectivity index (χ2n) is 7.00. The van der Waals surface area contributed by atoms with E-state index in [1.54, 1.807) is 16.4 Å². The Balaban J connectivity index is 1.41. The van der Waals surface area contributed by atoms with Gasteiger partial charge in [-0.05, 0) is 26.2 Å². The highest BCUT2D eigenvalue weighted by Gasteiger charge is 2.31. The first-order valence-corrected chi connectivity index (χ1v) is 9.15. The highest BCUT2D eigenvalue weighted by molar-refractivity contribution is 6.00. The second-order valence-corrected chi connectivity index (χ2v) is 7.00. The molecule has 10 nitrogen and oxygen atoms in total. The molecule has 2 atom stereocenters. The fraction of sp³-hybridized carbons (Fsp3) is 0.588. The predicted molar refractivity (Wildman–Crippen MR) is 95.2 cm³/mol. The summed E-state index contributed by atoms with van der Waals surface area (Å²) in [6.45, 7) is 3.77. The van der Waals surface area contributed by atoms with E-state index in [2.05, 4.69) is 20.5 Å². The van der Waals surface area contributed by atoms with Crippen molar-refractivity contribution in [3.05, 3.63) is 23.9 Å². The van der Waals surface area contributed by atoms with Crippen molar-refractivity contribution in [2.75, 3.05) is 18.6 Å². The maximum atomic E-state index is 12.7. The van der Waals surface area contributed by atoms with Crippen molar-refractivity contribution in [3.63, 3.8) is 0 Å². The van der Waals surface area contributed by atoms with Crippen molar-refractivity contribution in [2.24, 2.45) is 0 Å². The third-order valence-corrected chi connectivity index (χ3v) is 4.94. The van der Waals surface area contributed by atoms with Crippen LogP contribution in [0.4, 0.5) is 5.82 Å². The van der Waals surface area contributed by atoms with Gasteiger partial charge >= 0.3 is 0 Å². The van der Waals surface area contributed by atoms with Crippen LogP contribution in [0.25, 0.3) is 0 Å². The Labute approximate surface area is 156 Å². The van der Waals surface area contributed by atoms with Gasteiger partial charge in [0.2, 0.25) is 5.82 Å². The Morgan fingerprint density at radius 1 is 1.37 bits per heavy atom. The number of nitrogens with one attached hydrogen (secondary N) is 1. The van der Waals surface area contributed by atoms with Gasteiger partial charge in [0.1, 0.15) is 18.2 Å². The lowest BCUT2D eigenvalue weighted by Crippen LogP contribution is -2.47. The van der Waals surface area contributed by atoms with E-state index in [0.717, 1.165) is 31.0 Å². The van der Waals surface area contributed by atoms with Crippen LogP contribution in [0.3, 0.4) is 0 Å². The maximum Gasteiger partial charge on any atom is 0.291 e. The quantitative estimate of drug-likeness (QED) is 0.816. The molecule has 0 saturated carbocycles. The van der Waals surface area contributed by atoms with Crippen LogP contribution in [0.15, 0.2) is 12.4 Å². The summed E-state index contributed by atoms with van der Waals surface area (Å²) in [5, 5.41) is 11.4. The summed E-state index contributed by atoms with van der Waals surface area (Å²) in [5.41, 5.74) is 0.855. The second kappa shape index (κ2) is 7.10. The fourth-order valence-corrected chi connectivity index (χ4v) is 3.53. The van der Waals surface area contributed by atoms with E-state index in [0.29, 0.717) is 19.5 Å². The number of aromatic nitrogens is 5. The maximum absolute atomic E-state index is 12.7. The van der Waals surface area contributed by atoms with Gasteiger partial charge in [-0.1, -0.05) is 0 Å². The molecule has 0 spiro atoms. The van der Waals surface area contributed by atoms with Crippen LogP contribution in [0.2, 0.25) is 0 Å². The van der Waals surface area contributed by atoms with Gasteiger partial charge < -0.3 is 10.1 Å². The lowest BCUT2D eigenvalue weighted by Gasteiger charge is -2.19. The minimum Gasteiger partial charge on any atom is -0.376 e. The monoisotopic (exact) mass is 373 g/mol. The van der Waals surface area contributed by atoms with Gasteiger partial charge in [-0.3, -0.25) is 14.5 Å². The highest BCUT2D eigenvalue weighted by Crippen LogP contribution is 2.21. The molecule has 2 aromatic rings. The molecule has 0 bridgehead atoms. The fourth-order valence-electron chi connectivity index (χ4n) is 3.53. The number of fused-ring (bicyclic) bond motifs is 1. The summed E-state index contributed by atoms with van der Waals surface area (Å²) in [6, 6.07) is 1.21. The molecule has 1 fully saturated rings. The van der Waals surface area contributed by atoms with Crippen LogP contribution in [-0.4, -0.2) is 62.2 Å². The molecule has 2 aromatic heterocycles. The summed E-state index contributed by atoms with van der Waals surface area (Å²) in [6.07, 6.45) is 4.13. The number of amides is 2. The zero-order chi connectivity index (χ0) is 19.0. The Hall–Kier alpha value is -2.75. The van der Waals surface area contributed by atoms with E-state index in [1.165, 1.54) is 11.2 Å². The van der Waals surface area contributed by atoms with E-state index >= 15 is 0 Å². The van der Waals surface area contributed by atoms with Crippen LogP contribution in [-0.2, 0) is 22.6 Å². The third kappa shape index (κ3) is 3.57. The molecule has 2 aliphatic rings. The molecule has 0 aliphatic carbocycles. The van der Waals surface area contributed by atoms with Crippen molar-refractivity contribution in [1.82, 2.24) is 29.9 Å². The van der Waals surface area contributed by atoms with E-state index in [4.69, 9.17) is 4.74 Å². The first-order chi connectivity index (χ1) is 13.0. The number of anilines is 1. The minimum absolute atomic E-state index is 0.0567. The number of rotatable bonds is 4. The van der Waals surface area contributed by atoms with Crippen molar-refractivity contribution in [3.8, 4) is 0 Å². The van der Waals surface area contributed by atoms with Gasteiger partial charge in [0.05, 0.1) is 18.3 Å². The summed E-state index contributed by atoms with van der Waals surface area (Å²) in [5.74, 6) is 0.152. The normalized spacial score (nSPS) is 22.6. The lowest BCUT2D eigenvalue weighted by molar-refractivity contribution is -0.120. The molecule has 4 heterocycles. The summed E-state index contributed by atoms with van der Waals surface area (Å²) >= 11 is 0. The van der Waals surface area contributed by atoms with Gasteiger partial charge in [0, 0.05) is 26.3 Å². The average molecular weight is 373 g/mol. The molecule has 10 heteroatoms. The molecular weight excluding hydrogens is 350 g/mol.